The molecule has 0 amide bonds. The Labute approximate surface area is 240 Å². The second kappa shape index (κ2) is 11.0. The summed E-state index contributed by atoms with van der Waals surface area (Å²) < 4.78 is 35.3. The summed E-state index contributed by atoms with van der Waals surface area (Å²) in [6, 6.07) is 21.9. The first kappa shape index (κ1) is 27.1. The molecule has 2 aliphatic heterocycles. The largest absolute Gasteiger partial charge is 0.532 e. The first-order valence-corrected chi connectivity index (χ1v) is 15.1. The van der Waals surface area contributed by atoms with Gasteiger partial charge in [-0.3, -0.25) is 0 Å². The molecule has 2 heterocycles. The van der Waals surface area contributed by atoms with Crippen LogP contribution in [0.2, 0.25) is 0 Å². The molecule has 4 aromatic rings. The van der Waals surface area contributed by atoms with Crippen molar-refractivity contribution < 1.29 is 36.7 Å². The Bertz CT molecular complexity index is 1560. The average Bonchev–Trinajstić information content (AvgIpc) is 2.92. The van der Waals surface area contributed by atoms with Gasteiger partial charge >= 0.3 is 29.1 Å². The molecule has 4 aromatic carbocycles. The van der Waals surface area contributed by atoms with E-state index in [4.69, 9.17) is 27.1 Å². The third-order valence-electron chi connectivity index (χ3n) is 6.58. The normalized spacial score (nSPS) is 17.3. The Kier molecular flexibility index (Phi) is 7.29. The molecule has 0 radical (unpaired) electrons. The fraction of sp³-hybridized carbons (Fsp3) is 0.161. The van der Waals surface area contributed by atoms with Crippen molar-refractivity contribution in [3.63, 3.8) is 0 Å². The van der Waals surface area contributed by atoms with E-state index in [0.717, 1.165) is 33.4 Å². The van der Waals surface area contributed by atoms with Gasteiger partial charge in [0.25, 0.3) is 0 Å². The molecule has 0 bridgehead atoms. The lowest BCUT2D eigenvalue weighted by Crippen LogP contribution is -2.15. The lowest BCUT2D eigenvalue weighted by atomic mass is 9.96. The number of rotatable bonds is 6. The van der Waals surface area contributed by atoms with Crippen LogP contribution in [0.3, 0.4) is 0 Å². The molecule has 2 unspecified atom stereocenters. The fourth-order valence-electron chi connectivity index (χ4n) is 4.90. The summed E-state index contributed by atoms with van der Waals surface area (Å²) >= 11 is 0. The number of para-hydroxylation sites is 2. The first-order valence-electron chi connectivity index (χ1n) is 12.9. The van der Waals surface area contributed by atoms with Crippen LogP contribution in [-0.4, -0.2) is 11.9 Å². The minimum atomic E-state index is -2.01. The number of hydrogen-bond donors (Lipinski definition) is 0. The smallest absolute Gasteiger partial charge is 0.408 e. The van der Waals surface area contributed by atoms with E-state index in [1.807, 2.05) is 52.0 Å². The lowest BCUT2D eigenvalue weighted by Gasteiger charge is -2.25. The minimum Gasteiger partial charge on any atom is -0.408 e. The highest BCUT2D eigenvalue weighted by atomic mass is 31.2. The standard InChI is InChI=1S/C31H26O8P2/c1-18-13-20(3)28(36-40-34-26-11-7-5-9-24(26)30(32)38-40)22(15-18)17-23-16-19(2)14-21(4)29(23)37-41-35-27-12-8-6-10-25(27)31(33)39-41/h5-16H,17H2,1-4H3. The van der Waals surface area contributed by atoms with E-state index in [1.54, 1.807) is 48.5 Å². The monoisotopic (exact) mass is 588 g/mol. The van der Waals surface area contributed by atoms with Crippen molar-refractivity contribution in [3.05, 3.63) is 117 Å². The van der Waals surface area contributed by atoms with Crippen molar-refractivity contribution in [1.82, 2.24) is 0 Å². The SMILES string of the molecule is Cc1cc(C)c(OP2OC(=O)c3ccccc3O2)c(Cc2cc(C)cc(C)c2OP2OC(=O)c3ccccc3O2)c1. The maximum Gasteiger partial charge on any atom is 0.532 e. The average molecular weight is 588 g/mol. The summed E-state index contributed by atoms with van der Waals surface area (Å²) in [7, 11) is -4.02. The van der Waals surface area contributed by atoms with Crippen molar-refractivity contribution >= 4 is 29.1 Å². The fourth-order valence-corrected chi connectivity index (χ4v) is 7.05. The summed E-state index contributed by atoms with van der Waals surface area (Å²) in [4.78, 5) is 25.2. The van der Waals surface area contributed by atoms with Gasteiger partial charge in [-0.1, -0.05) is 59.7 Å². The van der Waals surface area contributed by atoms with E-state index in [2.05, 4.69) is 0 Å². The molecule has 0 aliphatic carbocycles. The van der Waals surface area contributed by atoms with Gasteiger partial charge in [-0.05, 0) is 74.2 Å². The van der Waals surface area contributed by atoms with E-state index in [1.165, 1.54) is 0 Å². The maximum absolute atomic E-state index is 12.6. The van der Waals surface area contributed by atoms with Crippen LogP contribution in [0.1, 0.15) is 54.1 Å². The van der Waals surface area contributed by atoms with Crippen LogP contribution in [-0.2, 0) is 15.5 Å². The molecule has 0 aromatic heterocycles. The lowest BCUT2D eigenvalue weighted by molar-refractivity contribution is 0.0685. The van der Waals surface area contributed by atoms with E-state index in [-0.39, 0.29) is 0 Å². The molecule has 0 N–H and O–H groups in total. The van der Waals surface area contributed by atoms with Gasteiger partial charge in [0.1, 0.15) is 34.1 Å². The van der Waals surface area contributed by atoms with Crippen molar-refractivity contribution in [2.45, 2.75) is 34.1 Å². The number of benzene rings is 4. The highest BCUT2D eigenvalue weighted by Crippen LogP contribution is 2.51. The van der Waals surface area contributed by atoms with Gasteiger partial charge < -0.3 is 27.1 Å². The van der Waals surface area contributed by atoms with Gasteiger partial charge in [-0.2, -0.15) is 0 Å². The molecule has 10 heteroatoms. The van der Waals surface area contributed by atoms with E-state index in [0.29, 0.717) is 40.5 Å². The first-order chi connectivity index (χ1) is 19.7. The van der Waals surface area contributed by atoms with Gasteiger partial charge in [-0.25, -0.2) is 9.59 Å². The Morgan fingerprint density at radius 2 is 1.00 bits per heavy atom. The van der Waals surface area contributed by atoms with Crippen LogP contribution < -0.4 is 18.1 Å². The van der Waals surface area contributed by atoms with Crippen LogP contribution in [0, 0.1) is 27.7 Å². The summed E-state index contributed by atoms with van der Waals surface area (Å²) in [6.07, 6.45) is 0.428. The van der Waals surface area contributed by atoms with E-state index in [9.17, 15) is 9.59 Å². The molecule has 41 heavy (non-hydrogen) atoms. The number of aryl methyl sites for hydroxylation is 4. The molecule has 2 aliphatic rings. The highest BCUT2D eigenvalue weighted by molar-refractivity contribution is 7.43. The van der Waals surface area contributed by atoms with Crippen LogP contribution in [0.4, 0.5) is 0 Å². The molecule has 0 fully saturated rings. The Balaban J connectivity index is 1.31. The van der Waals surface area contributed by atoms with Crippen LogP contribution in [0.15, 0.2) is 72.8 Å². The van der Waals surface area contributed by atoms with Crippen LogP contribution in [0.5, 0.6) is 23.0 Å². The zero-order valence-corrected chi connectivity index (χ0v) is 24.6. The second-order valence-corrected chi connectivity index (χ2v) is 11.9. The Hall–Kier alpha value is -4.12. The second-order valence-electron chi connectivity index (χ2n) is 9.88. The molecular weight excluding hydrogens is 562 g/mol. The quantitative estimate of drug-likeness (QED) is 0.208. The summed E-state index contributed by atoms with van der Waals surface area (Å²) in [6.45, 7) is 7.90. The molecule has 0 saturated carbocycles. The third kappa shape index (κ3) is 5.58. The number of carbonyl (C=O) groups excluding carboxylic acids is 2. The molecule has 8 nitrogen and oxygen atoms in total. The minimum absolute atomic E-state index is 0.364. The molecule has 208 valence electrons. The topological polar surface area (TPSA) is 89.5 Å². The van der Waals surface area contributed by atoms with E-state index < -0.39 is 29.1 Å². The summed E-state index contributed by atoms with van der Waals surface area (Å²) in [5.74, 6) is 1.02. The van der Waals surface area contributed by atoms with E-state index >= 15 is 0 Å². The number of fused-ring (bicyclic) bond motifs is 2. The molecule has 0 spiro atoms. The molecule has 0 saturated heterocycles. The molecular formula is C31H26O8P2. The van der Waals surface area contributed by atoms with Gasteiger partial charge in [0.05, 0.1) is 0 Å². The van der Waals surface area contributed by atoms with Gasteiger partial charge in [-0.15, -0.1) is 0 Å². The zero-order valence-electron chi connectivity index (χ0n) is 22.8. The predicted octanol–water partition coefficient (Wildman–Crippen LogP) is 8.22. The number of carbonyl (C=O) groups is 2. The molecule has 2 atom stereocenters. The van der Waals surface area contributed by atoms with Crippen LogP contribution >= 0.6 is 17.2 Å². The van der Waals surface area contributed by atoms with Crippen molar-refractivity contribution in [2.75, 3.05) is 0 Å². The van der Waals surface area contributed by atoms with Gasteiger partial charge in [0.2, 0.25) is 0 Å². The highest BCUT2D eigenvalue weighted by Gasteiger charge is 2.35. The predicted molar refractivity (Wildman–Crippen MR) is 155 cm³/mol. The van der Waals surface area contributed by atoms with Gasteiger partial charge in [0, 0.05) is 6.42 Å². The van der Waals surface area contributed by atoms with Crippen molar-refractivity contribution in [2.24, 2.45) is 0 Å². The third-order valence-corrected chi connectivity index (χ3v) is 8.56. The molecule has 6 rings (SSSR count). The zero-order chi connectivity index (χ0) is 28.7. The Morgan fingerprint density at radius 1 is 0.585 bits per heavy atom. The van der Waals surface area contributed by atoms with Crippen molar-refractivity contribution in [3.8, 4) is 23.0 Å². The van der Waals surface area contributed by atoms with Crippen LogP contribution in [0.25, 0.3) is 0 Å². The summed E-state index contributed by atoms with van der Waals surface area (Å²) in [5.41, 5.74) is 6.28. The number of hydrogen-bond acceptors (Lipinski definition) is 8. The summed E-state index contributed by atoms with van der Waals surface area (Å²) in [5, 5.41) is 0. The van der Waals surface area contributed by atoms with Crippen molar-refractivity contribution in [1.29, 1.82) is 0 Å². The Morgan fingerprint density at radius 3 is 1.44 bits per heavy atom. The van der Waals surface area contributed by atoms with Gasteiger partial charge in [0.15, 0.2) is 0 Å². The maximum atomic E-state index is 12.6.